The number of para-hydroxylation sites is 1. The van der Waals surface area contributed by atoms with E-state index in [4.69, 9.17) is 11.1 Å². The van der Waals surface area contributed by atoms with Gasteiger partial charge in [0.15, 0.2) is 5.82 Å². The topological polar surface area (TPSA) is 133 Å². The molecule has 0 radical (unpaired) electrons. The van der Waals surface area contributed by atoms with Gasteiger partial charge >= 0.3 is 0 Å². The fraction of sp³-hybridized carbons (Fsp3) is 0.200. The van der Waals surface area contributed by atoms with Gasteiger partial charge in [-0.1, -0.05) is 19.1 Å². The summed E-state index contributed by atoms with van der Waals surface area (Å²) in [4.78, 5) is 23.7. The van der Waals surface area contributed by atoms with Crippen LogP contribution >= 0.6 is 0 Å². The lowest BCUT2D eigenvalue weighted by Gasteiger charge is -2.13. The average Bonchev–Trinajstić information content (AvgIpc) is 3.24. The molecule has 0 spiro atoms. The van der Waals surface area contributed by atoms with Gasteiger partial charge in [0.05, 0.1) is 11.2 Å². The van der Waals surface area contributed by atoms with Crippen LogP contribution in [-0.4, -0.2) is 33.1 Å². The Bertz CT molecular complexity index is 1360. The van der Waals surface area contributed by atoms with Crippen molar-refractivity contribution < 1.29 is 4.79 Å². The lowest BCUT2D eigenvalue weighted by molar-refractivity contribution is -0.114. The molecule has 6 N–H and O–H groups in total. The minimum absolute atomic E-state index is 0.175. The van der Waals surface area contributed by atoms with Crippen molar-refractivity contribution in [2.75, 3.05) is 17.6 Å². The molecule has 4 aromatic rings. The third-order valence-electron chi connectivity index (χ3n) is 5.58. The normalized spacial score (nSPS) is 11.0. The molecule has 168 valence electrons. The van der Waals surface area contributed by atoms with Crippen LogP contribution in [0.25, 0.3) is 22.2 Å². The van der Waals surface area contributed by atoms with Gasteiger partial charge in [0.25, 0.3) is 0 Å². The van der Waals surface area contributed by atoms with Crippen molar-refractivity contribution >= 4 is 34.0 Å². The summed E-state index contributed by atoms with van der Waals surface area (Å²) in [5.74, 6) is 0.196. The first kappa shape index (κ1) is 22.2. The number of nitrogen functional groups attached to an aromatic ring is 1. The molecule has 0 fully saturated rings. The third-order valence-corrected chi connectivity index (χ3v) is 5.58. The molecule has 4 rings (SSSR count). The molecular weight excluding hydrogens is 414 g/mol. The minimum atomic E-state index is -0.181. The fourth-order valence-electron chi connectivity index (χ4n) is 3.81. The van der Waals surface area contributed by atoms with Gasteiger partial charge in [-0.2, -0.15) is 0 Å². The monoisotopic (exact) mass is 441 g/mol. The molecule has 1 amide bonds. The fourth-order valence-corrected chi connectivity index (χ4v) is 3.81. The summed E-state index contributed by atoms with van der Waals surface area (Å²) in [5, 5.41) is 14.9. The van der Waals surface area contributed by atoms with Crippen LogP contribution in [0, 0.1) is 12.3 Å². The number of carbonyl (C=O) groups excluding carboxylic acids is 1. The van der Waals surface area contributed by atoms with E-state index in [1.807, 2.05) is 36.7 Å². The summed E-state index contributed by atoms with van der Waals surface area (Å²) in [6, 6.07) is 11.1. The number of anilines is 2. The summed E-state index contributed by atoms with van der Waals surface area (Å²) in [6.45, 7) is 7.23. The van der Waals surface area contributed by atoms with Crippen LogP contribution in [0.4, 0.5) is 11.4 Å². The number of nitrogens with one attached hydrogen (secondary N) is 4. The van der Waals surface area contributed by atoms with Crippen LogP contribution < -0.4 is 16.4 Å². The van der Waals surface area contributed by atoms with E-state index in [0.29, 0.717) is 28.3 Å². The Labute approximate surface area is 192 Å². The Balaban J connectivity index is 1.73. The molecule has 8 heteroatoms. The number of rotatable bonds is 7. The van der Waals surface area contributed by atoms with Crippen LogP contribution in [0.3, 0.4) is 0 Å². The molecule has 2 aromatic carbocycles. The van der Waals surface area contributed by atoms with Crippen molar-refractivity contribution in [1.29, 1.82) is 5.41 Å². The second-order valence-corrected chi connectivity index (χ2v) is 7.90. The van der Waals surface area contributed by atoms with E-state index in [2.05, 4.69) is 39.4 Å². The first-order valence-electron chi connectivity index (χ1n) is 10.8. The van der Waals surface area contributed by atoms with E-state index < -0.39 is 0 Å². The summed E-state index contributed by atoms with van der Waals surface area (Å²) in [5.41, 5.74) is 13.6. The molecule has 0 bridgehead atoms. The largest absolute Gasteiger partial charge is 0.398 e. The third kappa shape index (κ3) is 4.47. The summed E-state index contributed by atoms with van der Waals surface area (Å²) in [7, 11) is 0. The van der Waals surface area contributed by atoms with E-state index >= 15 is 0 Å². The quantitative estimate of drug-likeness (QED) is 0.218. The van der Waals surface area contributed by atoms with E-state index in [1.165, 1.54) is 6.92 Å². The zero-order chi connectivity index (χ0) is 23.5. The van der Waals surface area contributed by atoms with Crippen molar-refractivity contribution in [2.45, 2.75) is 27.3 Å². The van der Waals surface area contributed by atoms with Crippen LogP contribution in [0.15, 0.2) is 48.8 Å². The molecule has 2 heterocycles. The Morgan fingerprint density at radius 3 is 2.79 bits per heavy atom. The molecule has 0 aliphatic rings. The summed E-state index contributed by atoms with van der Waals surface area (Å²) in [6.07, 6.45) is 3.72. The number of hydrogen-bond donors (Lipinski definition) is 5. The smallest absolute Gasteiger partial charge is 0.221 e. The maximum absolute atomic E-state index is 11.5. The number of amides is 1. The highest BCUT2D eigenvalue weighted by molar-refractivity contribution is 6.14. The molecule has 0 saturated heterocycles. The van der Waals surface area contributed by atoms with Gasteiger partial charge in [0, 0.05) is 42.7 Å². The molecule has 0 atom stereocenters. The van der Waals surface area contributed by atoms with E-state index in [1.54, 1.807) is 12.1 Å². The number of nitrogens with two attached hydrogens (primary N) is 1. The number of aromatic amines is 1. The molecule has 0 aliphatic carbocycles. The highest BCUT2D eigenvalue weighted by Crippen LogP contribution is 2.29. The number of H-pyrrole nitrogens is 1. The van der Waals surface area contributed by atoms with Crippen molar-refractivity contribution in [3.8, 4) is 11.1 Å². The van der Waals surface area contributed by atoms with Gasteiger partial charge in [-0.15, -0.1) is 0 Å². The van der Waals surface area contributed by atoms with Crippen LogP contribution in [0.1, 0.15) is 36.4 Å². The number of pyridine rings is 1. The second-order valence-electron chi connectivity index (χ2n) is 7.90. The standard InChI is InChI=1S/C25H27N7O/c1-4-28-11-17-12-29-13-19(14(17)2)16-8-9-20(26)18(10-16)23(27)25-31-22-7-5-6-21(24(22)32-25)30-15(3)33/h5-10,12-13,27-28H,4,11,26H2,1-3H3,(H,30,33)(H,31,32). The summed E-state index contributed by atoms with van der Waals surface area (Å²) < 4.78 is 0. The second kappa shape index (κ2) is 9.22. The van der Waals surface area contributed by atoms with Gasteiger partial charge in [-0.25, -0.2) is 4.98 Å². The maximum atomic E-state index is 11.5. The Hall–Kier alpha value is -4.04. The van der Waals surface area contributed by atoms with Crippen molar-refractivity contribution in [1.82, 2.24) is 20.3 Å². The van der Waals surface area contributed by atoms with Gasteiger partial charge in [0.2, 0.25) is 5.91 Å². The first-order chi connectivity index (χ1) is 15.9. The number of imidazole rings is 1. The van der Waals surface area contributed by atoms with Crippen LogP contribution in [0.5, 0.6) is 0 Å². The van der Waals surface area contributed by atoms with Gasteiger partial charge in [-0.05, 0) is 54.4 Å². The van der Waals surface area contributed by atoms with Crippen LogP contribution in [-0.2, 0) is 11.3 Å². The molecule has 0 unspecified atom stereocenters. The van der Waals surface area contributed by atoms with E-state index in [0.717, 1.165) is 40.9 Å². The van der Waals surface area contributed by atoms with E-state index in [9.17, 15) is 4.79 Å². The number of carbonyl (C=O) groups is 1. The number of nitrogens with zero attached hydrogens (tertiary/aromatic N) is 2. The molecule has 0 aliphatic heterocycles. The minimum Gasteiger partial charge on any atom is -0.398 e. The highest BCUT2D eigenvalue weighted by atomic mass is 16.1. The predicted molar refractivity (Wildman–Crippen MR) is 133 cm³/mol. The lowest BCUT2D eigenvalue weighted by atomic mass is 9.95. The molecule has 8 nitrogen and oxygen atoms in total. The van der Waals surface area contributed by atoms with Gasteiger partial charge in [0.1, 0.15) is 11.2 Å². The predicted octanol–water partition coefficient (Wildman–Crippen LogP) is 4.00. The van der Waals surface area contributed by atoms with Gasteiger partial charge < -0.3 is 21.4 Å². The Morgan fingerprint density at radius 2 is 2.03 bits per heavy atom. The SMILES string of the molecule is CCNCc1cncc(-c2ccc(N)c(C(=N)c3nc4c(NC(C)=O)cccc4[nH]3)c2)c1C. The van der Waals surface area contributed by atoms with Gasteiger partial charge in [-0.3, -0.25) is 15.2 Å². The van der Waals surface area contributed by atoms with Crippen molar-refractivity contribution in [2.24, 2.45) is 0 Å². The number of benzene rings is 2. The number of hydrogen-bond acceptors (Lipinski definition) is 6. The Kier molecular flexibility index (Phi) is 6.19. The average molecular weight is 442 g/mol. The zero-order valence-electron chi connectivity index (χ0n) is 18.9. The number of aromatic nitrogens is 3. The molecular formula is C25H27N7O. The molecule has 2 aromatic heterocycles. The van der Waals surface area contributed by atoms with Crippen molar-refractivity contribution in [3.05, 3.63) is 71.3 Å². The first-order valence-corrected chi connectivity index (χ1v) is 10.8. The summed E-state index contributed by atoms with van der Waals surface area (Å²) >= 11 is 0. The lowest BCUT2D eigenvalue weighted by Crippen LogP contribution is -2.13. The Morgan fingerprint density at radius 1 is 1.21 bits per heavy atom. The zero-order valence-corrected chi connectivity index (χ0v) is 18.9. The molecule has 0 saturated carbocycles. The van der Waals surface area contributed by atoms with E-state index in [-0.39, 0.29) is 11.6 Å². The highest BCUT2D eigenvalue weighted by Gasteiger charge is 2.17. The maximum Gasteiger partial charge on any atom is 0.221 e. The van der Waals surface area contributed by atoms with Crippen LogP contribution in [0.2, 0.25) is 0 Å². The molecule has 33 heavy (non-hydrogen) atoms. The van der Waals surface area contributed by atoms with Crippen molar-refractivity contribution in [3.63, 3.8) is 0 Å². The number of fused-ring (bicyclic) bond motifs is 1.